The molecule has 0 spiro atoms. The first-order valence-corrected chi connectivity index (χ1v) is 11.1. The lowest BCUT2D eigenvalue weighted by atomic mass is 10.2. The first-order valence-electron chi connectivity index (χ1n) is 8.48. The fraction of sp³-hybridized carbons (Fsp3) is 0.263. The lowest BCUT2D eigenvalue weighted by Crippen LogP contribution is -2.23. The summed E-state index contributed by atoms with van der Waals surface area (Å²) in [5.74, 6) is -2.16. The van der Waals surface area contributed by atoms with Gasteiger partial charge in [0.05, 0.1) is 22.6 Å². The molecule has 6 nitrogen and oxygen atoms in total. The number of fused-ring (bicyclic) bond motifs is 1. The van der Waals surface area contributed by atoms with Crippen LogP contribution in [0.3, 0.4) is 0 Å². The molecule has 3 rings (SSSR count). The molecule has 0 unspecified atom stereocenters. The number of aromatic nitrogens is 1. The molecule has 0 N–H and O–H groups in total. The second-order valence-electron chi connectivity index (χ2n) is 6.14. The van der Waals surface area contributed by atoms with Gasteiger partial charge in [0.2, 0.25) is 0 Å². The largest absolute Gasteiger partial charge is 0.383 e. The molecule has 0 aliphatic heterocycles. The average Bonchev–Trinajstić information content (AvgIpc) is 2.98. The molecule has 0 aliphatic carbocycles. The minimum Gasteiger partial charge on any atom is -0.383 e. The zero-order valence-electron chi connectivity index (χ0n) is 15.2. The molecule has 0 atom stereocenters. The summed E-state index contributed by atoms with van der Waals surface area (Å²) in [6, 6.07) is 13.3. The summed E-state index contributed by atoms with van der Waals surface area (Å²) in [5, 5.41) is 0. The summed E-state index contributed by atoms with van der Waals surface area (Å²) < 4.78 is 46.1. The van der Waals surface area contributed by atoms with Gasteiger partial charge in [-0.2, -0.15) is 4.99 Å². The van der Waals surface area contributed by atoms with Crippen LogP contribution in [0.15, 0.2) is 53.5 Å². The Morgan fingerprint density at radius 2 is 1.93 bits per heavy atom. The van der Waals surface area contributed by atoms with E-state index in [0.29, 0.717) is 28.9 Å². The molecule has 0 aliphatic rings. The van der Waals surface area contributed by atoms with Crippen molar-refractivity contribution in [2.75, 3.05) is 19.5 Å². The van der Waals surface area contributed by atoms with E-state index >= 15 is 0 Å². The number of hydrogen-bond acceptors (Lipinski definition) is 5. The number of halogens is 1. The highest BCUT2D eigenvalue weighted by Gasteiger charge is 2.18. The quantitative estimate of drug-likeness (QED) is 0.586. The van der Waals surface area contributed by atoms with Crippen LogP contribution in [0.4, 0.5) is 4.39 Å². The highest BCUT2D eigenvalue weighted by atomic mass is 32.2. The van der Waals surface area contributed by atoms with Crippen LogP contribution in [0.25, 0.3) is 10.2 Å². The Hall–Kier alpha value is -2.36. The second kappa shape index (κ2) is 8.76. The van der Waals surface area contributed by atoms with Crippen molar-refractivity contribution in [1.29, 1.82) is 0 Å². The molecule has 0 bridgehead atoms. The van der Waals surface area contributed by atoms with Crippen molar-refractivity contribution in [3.63, 3.8) is 0 Å². The summed E-state index contributed by atoms with van der Waals surface area (Å²) in [6.45, 7) is 0.591. The van der Waals surface area contributed by atoms with E-state index < -0.39 is 27.3 Å². The highest BCUT2D eigenvalue weighted by molar-refractivity contribution is 7.91. The van der Waals surface area contributed by atoms with Crippen LogP contribution in [0.5, 0.6) is 0 Å². The number of para-hydroxylation sites is 1. The summed E-state index contributed by atoms with van der Waals surface area (Å²) in [5.41, 5.74) is 0.928. The third kappa shape index (κ3) is 4.92. The lowest BCUT2D eigenvalue weighted by Gasteiger charge is -2.05. The highest BCUT2D eigenvalue weighted by Crippen LogP contribution is 2.20. The van der Waals surface area contributed by atoms with Gasteiger partial charge in [0, 0.05) is 13.7 Å². The van der Waals surface area contributed by atoms with E-state index in [2.05, 4.69) is 4.99 Å². The molecule has 28 heavy (non-hydrogen) atoms. The van der Waals surface area contributed by atoms with E-state index in [9.17, 15) is 17.6 Å². The Morgan fingerprint density at radius 1 is 1.18 bits per heavy atom. The zero-order chi connectivity index (χ0) is 20.1. The Morgan fingerprint density at radius 3 is 2.64 bits per heavy atom. The minimum atomic E-state index is -3.67. The molecule has 0 saturated carbocycles. The number of rotatable bonds is 7. The van der Waals surface area contributed by atoms with E-state index in [1.165, 1.54) is 13.2 Å². The Kier molecular flexibility index (Phi) is 6.38. The molecule has 1 amide bonds. The smallest absolute Gasteiger partial charge is 0.263 e. The number of ether oxygens (including phenoxy) is 1. The number of benzene rings is 2. The first kappa shape index (κ1) is 20.4. The summed E-state index contributed by atoms with van der Waals surface area (Å²) in [4.78, 5) is 16.5. The van der Waals surface area contributed by atoms with Gasteiger partial charge in [-0.05, 0) is 17.7 Å². The average molecular weight is 423 g/mol. The van der Waals surface area contributed by atoms with Gasteiger partial charge in [-0.1, -0.05) is 47.7 Å². The van der Waals surface area contributed by atoms with E-state index in [4.69, 9.17) is 4.74 Å². The number of sulfone groups is 1. The molecule has 0 fully saturated rings. The third-order valence-electron chi connectivity index (χ3n) is 3.96. The van der Waals surface area contributed by atoms with Gasteiger partial charge < -0.3 is 9.30 Å². The van der Waals surface area contributed by atoms with Gasteiger partial charge >= 0.3 is 0 Å². The van der Waals surface area contributed by atoms with E-state index in [1.807, 2.05) is 0 Å². The van der Waals surface area contributed by atoms with Crippen LogP contribution < -0.4 is 4.80 Å². The van der Waals surface area contributed by atoms with Crippen molar-refractivity contribution in [3.05, 3.63) is 64.7 Å². The number of nitrogens with zero attached hydrogens (tertiary/aromatic N) is 2. The fourth-order valence-corrected chi connectivity index (χ4v) is 5.10. The summed E-state index contributed by atoms with van der Waals surface area (Å²) in [6.07, 6.45) is 0. The number of amides is 1. The van der Waals surface area contributed by atoms with Crippen molar-refractivity contribution in [3.8, 4) is 0 Å². The molecule has 1 heterocycles. The fourth-order valence-electron chi connectivity index (χ4n) is 2.77. The standard InChI is InChI=1S/C19H19FN2O4S2/c1-26-11-10-22-18-15(20)8-5-9-16(18)27-19(22)21-17(23)13-28(24,25)12-14-6-3-2-4-7-14/h2-9H,10-13H2,1H3. The summed E-state index contributed by atoms with van der Waals surface area (Å²) in [7, 11) is -2.15. The Labute approximate surface area is 165 Å². The van der Waals surface area contributed by atoms with Gasteiger partial charge in [0.15, 0.2) is 14.6 Å². The normalized spacial score (nSPS) is 12.6. The molecule has 9 heteroatoms. The monoisotopic (exact) mass is 422 g/mol. The van der Waals surface area contributed by atoms with Crippen molar-refractivity contribution in [2.45, 2.75) is 12.3 Å². The van der Waals surface area contributed by atoms with Gasteiger partial charge in [-0.3, -0.25) is 4.79 Å². The van der Waals surface area contributed by atoms with Gasteiger partial charge in [0.1, 0.15) is 11.6 Å². The maximum absolute atomic E-state index is 14.3. The topological polar surface area (TPSA) is 77.7 Å². The Balaban J connectivity index is 1.91. The molecule has 148 valence electrons. The molecule has 0 radical (unpaired) electrons. The van der Waals surface area contributed by atoms with E-state index in [0.717, 1.165) is 11.3 Å². The van der Waals surface area contributed by atoms with Gasteiger partial charge in [-0.25, -0.2) is 12.8 Å². The van der Waals surface area contributed by atoms with Crippen LogP contribution in [0.1, 0.15) is 5.56 Å². The molecular weight excluding hydrogens is 403 g/mol. The van der Waals surface area contributed by atoms with Gasteiger partial charge in [-0.15, -0.1) is 0 Å². The van der Waals surface area contributed by atoms with Crippen molar-refractivity contribution in [1.82, 2.24) is 4.57 Å². The zero-order valence-corrected chi connectivity index (χ0v) is 16.8. The van der Waals surface area contributed by atoms with Crippen LogP contribution in [-0.4, -0.2) is 38.4 Å². The second-order valence-corrected chi connectivity index (χ2v) is 9.21. The predicted molar refractivity (Wildman–Crippen MR) is 106 cm³/mol. The van der Waals surface area contributed by atoms with Crippen LogP contribution in [0, 0.1) is 5.82 Å². The van der Waals surface area contributed by atoms with E-state index in [-0.39, 0.29) is 10.6 Å². The number of hydrogen-bond donors (Lipinski definition) is 0. The Bertz CT molecular complexity index is 1150. The lowest BCUT2D eigenvalue weighted by molar-refractivity contribution is -0.115. The van der Waals surface area contributed by atoms with Crippen LogP contribution in [0.2, 0.25) is 0 Å². The maximum Gasteiger partial charge on any atom is 0.263 e. The minimum absolute atomic E-state index is 0.236. The predicted octanol–water partition coefficient (Wildman–Crippen LogP) is 2.53. The van der Waals surface area contributed by atoms with Crippen LogP contribution in [-0.2, 0) is 31.7 Å². The molecule has 2 aromatic carbocycles. The molecule has 1 aromatic heterocycles. The molecule has 0 saturated heterocycles. The SMILES string of the molecule is COCCn1c(=NC(=O)CS(=O)(=O)Cc2ccccc2)sc2cccc(F)c21. The van der Waals surface area contributed by atoms with E-state index in [1.54, 1.807) is 47.0 Å². The maximum atomic E-state index is 14.3. The van der Waals surface area contributed by atoms with Gasteiger partial charge in [0.25, 0.3) is 5.91 Å². The number of methoxy groups -OCH3 is 1. The van der Waals surface area contributed by atoms with Crippen molar-refractivity contribution >= 4 is 37.3 Å². The number of carbonyl (C=O) groups is 1. The van der Waals surface area contributed by atoms with Crippen molar-refractivity contribution < 1.29 is 22.3 Å². The molecule has 3 aromatic rings. The third-order valence-corrected chi connectivity index (χ3v) is 6.47. The number of thiazole rings is 1. The van der Waals surface area contributed by atoms with Crippen molar-refractivity contribution in [2.24, 2.45) is 4.99 Å². The first-order chi connectivity index (χ1) is 13.4. The number of carbonyl (C=O) groups excluding carboxylic acids is 1. The summed E-state index contributed by atoms with van der Waals surface area (Å²) >= 11 is 1.13. The molecular formula is C19H19FN2O4S2. The van der Waals surface area contributed by atoms with Crippen LogP contribution >= 0.6 is 11.3 Å².